The van der Waals surface area contributed by atoms with Gasteiger partial charge in [-0.2, -0.15) is 15.5 Å². The van der Waals surface area contributed by atoms with Crippen LogP contribution in [0.4, 0.5) is 5.82 Å². The van der Waals surface area contributed by atoms with Crippen LogP contribution in [0.25, 0.3) is 0 Å². The summed E-state index contributed by atoms with van der Waals surface area (Å²) in [5.74, 6) is 0.787. The quantitative estimate of drug-likeness (QED) is 0.805. The van der Waals surface area contributed by atoms with Crippen LogP contribution in [-0.4, -0.2) is 26.1 Å². The van der Waals surface area contributed by atoms with E-state index in [4.69, 9.17) is 5.26 Å². The molecule has 2 heterocycles. The maximum atomic E-state index is 9.06. The Bertz CT molecular complexity index is 546. The van der Waals surface area contributed by atoms with Crippen LogP contribution in [0.3, 0.4) is 0 Å². The van der Waals surface area contributed by atoms with E-state index in [2.05, 4.69) is 21.6 Å². The van der Waals surface area contributed by atoms with Gasteiger partial charge in [-0.3, -0.25) is 9.36 Å². The molecule has 0 aliphatic heterocycles. The van der Waals surface area contributed by atoms with E-state index in [1.54, 1.807) is 10.9 Å². The van der Waals surface area contributed by atoms with E-state index in [-0.39, 0.29) is 0 Å². The van der Waals surface area contributed by atoms with Crippen molar-refractivity contribution in [3.8, 4) is 6.07 Å². The number of nitrogens with one attached hydrogen (secondary N) is 1. The van der Waals surface area contributed by atoms with Crippen LogP contribution in [0.1, 0.15) is 17.7 Å². The smallest absolute Gasteiger partial charge is 0.142 e. The van der Waals surface area contributed by atoms with Gasteiger partial charge in [-0.1, -0.05) is 0 Å². The van der Waals surface area contributed by atoms with Crippen LogP contribution >= 0.6 is 0 Å². The van der Waals surface area contributed by atoms with Crippen molar-refractivity contribution in [2.24, 2.45) is 7.05 Å². The predicted octanol–water partition coefficient (Wildman–Crippen LogP) is 1.30. The SMILES string of the molecule is Cc1nn(C)c(NCCCn2cccn2)c1C#N. The molecule has 0 unspecified atom stereocenters. The molecule has 0 aliphatic carbocycles. The van der Waals surface area contributed by atoms with Crippen molar-refractivity contribution in [2.45, 2.75) is 19.9 Å². The molecule has 1 N–H and O–H groups in total. The lowest BCUT2D eigenvalue weighted by Crippen LogP contribution is -2.10. The van der Waals surface area contributed by atoms with E-state index in [9.17, 15) is 0 Å². The maximum Gasteiger partial charge on any atom is 0.142 e. The summed E-state index contributed by atoms with van der Waals surface area (Å²) in [6.45, 7) is 3.49. The van der Waals surface area contributed by atoms with Gasteiger partial charge in [0.1, 0.15) is 17.5 Å². The van der Waals surface area contributed by atoms with Crippen molar-refractivity contribution < 1.29 is 0 Å². The van der Waals surface area contributed by atoms with Crippen LogP contribution < -0.4 is 5.32 Å². The normalized spacial score (nSPS) is 10.3. The van der Waals surface area contributed by atoms with E-state index in [1.807, 2.05) is 30.9 Å². The highest BCUT2D eigenvalue weighted by Gasteiger charge is 2.11. The summed E-state index contributed by atoms with van der Waals surface area (Å²) in [4.78, 5) is 0. The number of hydrogen-bond acceptors (Lipinski definition) is 4. The first-order valence-corrected chi connectivity index (χ1v) is 5.87. The number of aromatic nitrogens is 4. The first-order valence-electron chi connectivity index (χ1n) is 5.87. The minimum atomic E-state index is 0.622. The number of aryl methyl sites for hydroxylation is 3. The highest BCUT2D eigenvalue weighted by atomic mass is 15.3. The average Bonchev–Trinajstić information content (AvgIpc) is 2.93. The fraction of sp³-hybridized carbons (Fsp3) is 0.417. The van der Waals surface area contributed by atoms with Gasteiger partial charge in [0.05, 0.1) is 5.69 Å². The first kappa shape index (κ1) is 12.2. The molecule has 2 aromatic rings. The fourth-order valence-electron chi connectivity index (χ4n) is 1.88. The van der Waals surface area contributed by atoms with Crippen LogP contribution in [0.5, 0.6) is 0 Å². The Balaban J connectivity index is 1.89. The van der Waals surface area contributed by atoms with E-state index in [1.165, 1.54) is 0 Å². The molecule has 6 heteroatoms. The minimum Gasteiger partial charge on any atom is -0.369 e. The van der Waals surface area contributed by atoms with Crippen molar-refractivity contribution in [1.82, 2.24) is 19.6 Å². The molecular weight excluding hydrogens is 228 g/mol. The molecule has 0 fully saturated rings. The van der Waals surface area contributed by atoms with Gasteiger partial charge in [0.15, 0.2) is 0 Å². The Hall–Kier alpha value is -2.29. The molecule has 0 saturated heterocycles. The van der Waals surface area contributed by atoms with Gasteiger partial charge in [0.25, 0.3) is 0 Å². The molecule has 0 amide bonds. The van der Waals surface area contributed by atoms with E-state index in [0.29, 0.717) is 5.56 Å². The van der Waals surface area contributed by atoms with Gasteiger partial charge in [0, 0.05) is 32.5 Å². The van der Waals surface area contributed by atoms with Crippen molar-refractivity contribution in [1.29, 1.82) is 5.26 Å². The Kier molecular flexibility index (Phi) is 3.63. The zero-order chi connectivity index (χ0) is 13.0. The summed E-state index contributed by atoms with van der Waals surface area (Å²) in [5, 5.41) is 20.7. The fourth-order valence-corrected chi connectivity index (χ4v) is 1.88. The molecular formula is C12H16N6. The molecule has 18 heavy (non-hydrogen) atoms. The summed E-state index contributed by atoms with van der Waals surface area (Å²) in [5.41, 5.74) is 1.38. The first-order chi connectivity index (χ1) is 8.72. The van der Waals surface area contributed by atoms with Crippen LogP contribution in [-0.2, 0) is 13.6 Å². The Morgan fingerprint density at radius 2 is 2.33 bits per heavy atom. The molecule has 6 nitrogen and oxygen atoms in total. The Morgan fingerprint density at radius 1 is 1.50 bits per heavy atom. The zero-order valence-electron chi connectivity index (χ0n) is 10.6. The molecule has 0 aromatic carbocycles. The number of hydrogen-bond donors (Lipinski definition) is 1. The molecule has 0 saturated carbocycles. The van der Waals surface area contributed by atoms with E-state index >= 15 is 0 Å². The standard InChI is InChI=1S/C12H16N6/c1-10-11(9-13)12(17(2)16-10)14-5-3-7-18-8-4-6-15-18/h4,6,8,14H,3,5,7H2,1-2H3. The summed E-state index contributed by atoms with van der Waals surface area (Å²) >= 11 is 0. The number of nitriles is 1. The summed E-state index contributed by atoms with van der Waals surface area (Å²) in [6, 6.07) is 4.08. The van der Waals surface area contributed by atoms with Gasteiger partial charge in [-0.15, -0.1) is 0 Å². The van der Waals surface area contributed by atoms with Crippen molar-refractivity contribution in [3.05, 3.63) is 29.7 Å². The van der Waals surface area contributed by atoms with Gasteiger partial charge in [0.2, 0.25) is 0 Å². The summed E-state index contributed by atoms with van der Waals surface area (Å²) in [6.07, 6.45) is 4.65. The second-order valence-electron chi connectivity index (χ2n) is 4.09. The van der Waals surface area contributed by atoms with Gasteiger partial charge in [-0.05, 0) is 19.4 Å². The van der Waals surface area contributed by atoms with Crippen molar-refractivity contribution >= 4 is 5.82 Å². The topological polar surface area (TPSA) is 71.5 Å². The lowest BCUT2D eigenvalue weighted by atomic mass is 10.2. The largest absolute Gasteiger partial charge is 0.369 e. The summed E-state index contributed by atoms with van der Waals surface area (Å²) in [7, 11) is 1.84. The Morgan fingerprint density at radius 3 is 3.00 bits per heavy atom. The molecule has 0 spiro atoms. The zero-order valence-corrected chi connectivity index (χ0v) is 10.6. The number of nitrogens with zero attached hydrogens (tertiary/aromatic N) is 5. The van der Waals surface area contributed by atoms with Gasteiger partial charge >= 0.3 is 0 Å². The number of rotatable bonds is 5. The third kappa shape index (κ3) is 2.51. The second-order valence-corrected chi connectivity index (χ2v) is 4.09. The molecule has 2 rings (SSSR count). The lowest BCUT2D eigenvalue weighted by molar-refractivity contribution is 0.590. The lowest BCUT2D eigenvalue weighted by Gasteiger charge is -2.07. The highest BCUT2D eigenvalue weighted by molar-refractivity contribution is 5.54. The van der Waals surface area contributed by atoms with Crippen molar-refractivity contribution in [3.63, 3.8) is 0 Å². The second kappa shape index (κ2) is 5.36. The van der Waals surface area contributed by atoms with Gasteiger partial charge < -0.3 is 5.32 Å². The van der Waals surface area contributed by atoms with Crippen LogP contribution in [0.2, 0.25) is 0 Å². The minimum absolute atomic E-state index is 0.622. The summed E-state index contributed by atoms with van der Waals surface area (Å²) < 4.78 is 3.60. The molecule has 0 radical (unpaired) electrons. The van der Waals surface area contributed by atoms with Crippen molar-refractivity contribution in [2.75, 3.05) is 11.9 Å². The monoisotopic (exact) mass is 244 g/mol. The number of anilines is 1. The maximum absolute atomic E-state index is 9.06. The third-order valence-electron chi connectivity index (χ3n) is 2.75. The highest BCUT2D eigenvalue weighted by Crippen LogP contribution is 2.16. The van der Waals surface area contributed by atoms with Crippen LogP contribution in [0.15, 0.2) is 18.5 Å². The molecule has 94 valence electrons. The third-order valence-corrected chi connectivity index (χ3v) is 2.75. The molecule has 0 aliphatic rings. The molecule has 2 aromatic heterocycles. The molecule has 0 atom stereocenters. The van der Waals surface area contributed by atoms with Crippen LogP contribution in [0, 0.1) is 18.3 Å². The molecule has 0 bridgehead atoms. The average molecular weight is 244 g/mol. The van der Waals surface area contributed by atoms with Gasteiger partial charge in [-0.25, -0.2) is 0 Å². The predicted molar refractivity (Wildman–Crippen MR) is 68.0 cm³/mol. The van der Waals surface area contributed by atoms with E-state index < -0.39 is 0 Å². The Labute approximate surface area is 106 Å². The van der Waals surface area contributed by atoms with E-state index in [0.717, 1.165) is 31.0 Å².